The standard InChI is InChI=1S/C32H32N6O2S.CH2O2/c1-32(3-4-32)20-9-29(40)38(36-13-20)16-23-11-28-31(41-23)24(2-5-34-28)26-6-18(12-33)7-27-25-8-19(25)15-37(30(26)27)22-10-21(17-39)35-14-22;2-1-3/h2,5-7,9,11,13,19,21-22,25,35,39H,3-4,8,10,14-17H2,1H3;1H,(H,2,3)/t19-,21-,22+,25-;/m1./s1. The fourth-order valence-corrected chi connectivity index (χ4v) is 8.12. The Hall–Kier alpha value is -4.11. The third kappa shape index (κ3) is 5.07. The fraction of sp³-hybridized carbons (Fsp3) is 0.424. The first-order chi connectivity index (χ1) is 21.3. The van der Waals surface area contributed by atoms with Gasteiger partial charge in [0.05, 0.1) is 41.2 Å². The van der Waals surface area contributed by atoms with Crippen molar-refractivity contribution in [1.29, 1.82) is 5.26 Å². The quantitative estimate of drug-likeness (QED) is 0.277. The zero-order valence-electron chi connectivity index (χ0n) is 24.4. The van der Waals surface area contributed by atoms with Gasteiger partial charge in [-0.1, -0.05) is 6.92 Å². The molecule has 0 unspecified atom stereocenters. The molecule has 4 aromatic rings. The molecule has 1 saturated heterocycles. The Morgan fingerprint density at radius 2 is 2.05 bits per heavy atom. The zero-order chi connectivity index (χ0) is 30.6. The Morgan fingerprint density at radius 3 is 2.75 bits per heavy atom. The van der Waals surface area contributed by atoms with Crippen LogP contribution in [0.25, 0.3) is 21.3 Å². The van der Waals surface area contributed by atoms with E-state index in [1.165, 1.54) is 15.9 Å². The van der Waals surface area contributed by atoms with Crippen LogP contribution in [-0.4, -0.2) is 63.2 Å². The van der Waals surface area contributed by atoms with E-state index in [9.17, 15) is 15.2 Å². The van der Waals surface area contributed by atoms with E-state index in [4.69, 9.17) is 9.90 Å². The number of anilines is 1. The third-order valence-electron chi connectivity index (χ3n) is 9.79. The van der Waals surface area contributed by atoms with Gasteiger partial charge in [0, 0.05) is 59.1 Å². The van der Waals surface area contributed by atoms with Crippen LogP contribution in [0.3, 0.4) is 0 Å². The molecule has 4 atom stereocenters. The van der Waals surface area contributed by atoms with Gasteiger partial charge in [-0.2, -0.15) is 10.4 Å². The maximum atomic E-state index is 12.9. The van der Waals surface area contributed by atoms with E-state index in [2.05, 4.69) is 51.5 Å². The van der Waals surface area contributed by atoms with Gasteiger partial charge in [-0.05, 0) is 78.3 Å². The molecule has 44 heavy (non-hydrogen) atoms. The minimum Gasteiger partial charge on any atom is -0.483 e. The van der Waals surface area contributed by atoms with E-state index >= 15 is 0 Å². The highest BCUT2D eigenvalue weighted by Gasteiger charge is 2.48. The van der Waals surface area contributed by atoms with Crippen LogP contribution in [0, 0.1) is 17.2 Å². The maximum absolute atomic E-state index is 12.9. The minimum atomic E-state index is -0.250. The number of nitriles is 1. The summed E-state index contributed by atoms with van der Waals surface area (Å²) in [5.41, 5.74) is 7.32. The number of carboxylic acid groups (broad SMARTS) is 1. The predicted molar refractivity (Wildman–Crippen MR) is 168 cm³/mol. The van der Waals surface area contributed by atoms with Crippen molar-refractivity contribution in [3.8, 4) is 17.2 Å². The number of nitrogens with one attached hydrogen (secondary N) is 1. The lowest BCUT2D eigenvalue weighted by molar-refractivity contribution is -0.122. The first kappa shape index (κ1) is 28.6. The molecule has 0 radical (unpaired) electrons. The number of rotatable bonds is 6. The van der Waals surface area contributed by atoms with Crippen LogP contribution in [0.1, 0.15) is 60.1 Å². The van der Waals surface area contributed by atoms with Crippen molar-refractivity contribution in [1.82, 2.24) is 20.1 Å². The molecule has 0 bridgehead atoms. The second-order valence-corrected chi connectivity index (χ2v) is 13.8. The molecule has 2 aliphatic carbocycles. The highest BCUT2D eigenvalue weighted by molar-refractivity contribution is 7.19. The smallest absolute Gasteiger partial charge is 0.290 e. The lowest BCUT2D eigenvalue weighted by Gasteiger charge is -2.37. The lowest BCUT2D eigenvalue weighted by Crippen LogP contribution is -2.41. The van der Waals surface area contributed by atoms with E-state index in [1.807, 2.05) is 18.5 Å². The largest absolute Gasteiger partial charge is 0.483 e. The molecule has 2 aliphatic heterocycles. The van der Waals surface area contributed by atoms with Gasteiger partial charge in [-0.15, -0.1) is 11.3 Å². The van der Waals surface area contributed by atoms with Crippen LogP contribution in [0.15, 0.2) is 47.5 Å². The van der Waals surface area contributed by atoms with E-state index in [-0.39, 0.29) is 30.1 Å². The maximum Gasteiger partial charge on any atom is 0.290 e. The SMILES string of the molecule is CC1(c2cnn(Cc3cc4nccc(-c5cc(C#N)cc6c5N([C@@H]5CN[C@@H](CO)C5)C[C@H]5C[C@@H]65)c4s3)c(=O)c2)CC1.O=CO. The van der Waals surface area contributed by atoms with Gasteiger partial charge in [-0.25, -0.2) is 4.68 Å². The van der Waals surface area contributed by atoms with Crippen molar-refractivity contribution in [3.05, 3.63) is 74.6 Å². The van der Waals surface area contributed by atoms with Gasteiger partial charge < -0.3 is 20.4 Å². The molecule has 4 aliphatic rings. The monoisotopic (exact) mass is 610 g/mol. The first-order valence-electron chi connectivity index (χ1n) is 15.1. The number of hydrogen-bond acceptors (Lipinski definition) is 9. The van der Waals surface area contributed by atoms with E-state index in [0.717, 1.165) is 70.6 Å². The Morgan fingerprint density at radius 1 is 1.23 bits per heavy atom. The van der Waals surface area contributed by atoms with Crippen molar-refractivity contribution >= 4 is 33.7 Å². The second kappa shape index (κ2) is 11.1. The number of nitrogens with zero attached hydrogens (tertiary/aromatic N) is 5. The summed E-state index contributed by atoms with van der Waals surface area (Å²) in [6.45, 7) is 4.33. The van der Waals surface area contributed by atoms with Crippen LogP contribution in [-0.2, 0) is 16.8 Å². The molecular formula is C33H34N6O4S. The average molecular weight is 611 g/mol. The number of pyridine rings is 1. The van der Waals surface area contributed by atoms with E-state index in [1.54, 1.807) is 17.4 Å². The highest BCUT2D eigenvalue weighted by Crippen LogP contribution is 2.58. The molecule has 226 valence electrons. The van der Waals surface area contributed by atoms with Crippen molar-refractivity contribution in [2.24, 2.45) is 5.92 Å². The predicted octanol–water partition coefficient (Wildman–Crippen LogP) is 3.84. The first-order valence-corrected chi connectivity index (χ1v) is 15.9. The van der Waals surface area contributed by atoms with Crippen LogP contribution in [0.4, 0.5) is 5.69 Å². The summed E-state index contributed by atoms with van der Waals surface area (Å²) in [6, 6.07) is 12.9. The Labute approximate surface area is 258 Å². The molecule has 2 saturated carbocycles. The lowest BCUT2D eigenvalue weighted by atomic mass is 9.90. The molecule has 3 N–H and O–H groups in total. The van der Waals surface area contributed by atoms with Gasteiger partial charge in [0.1, 0.15) is 0 Å². The highest BCUT2D eigenvalue weighted by atomic mass is 32.1. The minimum absolute atomic E-state index is 0.0713. The number of fused-ring (bicyclic) bond motifs is 4. The van der Waals surface area contributed by atoms with Crippen molar-refractivity contribution in [2.45, 2.75) is 62.6 Å². The molecule has 10 nitrogen and oxygen atoms in total. The topological polar surface area (TPSA) is 144 Å². The van der Waals surface area contributed by atoms with Crippen molar-refractivity contribution < 1.29 is 15.0 Å². The van der Waals surface area contributed by atoms with Crippen LogP contribution >= 0.6 is 11.3 Å². The summed E-state index contributed by atoms with van der Waals surface area (Å²) >= 11 is 1.65. The molecule has 11 heteroatoms. The molecule has 5 heterocycles. The van der Waals surface area contributed by atoms with Crippen LogP contribution < -0.4 is 15.8 Å². The number of carbonyl (C=O) groups is 1. The summed E-state index contributed by atoms with van der Waals surface area (Å²) in [5.74, 6) is 1.13. The van der Waals surface area contributed by atoms with Crippen molar-refractivity contribution in [2.75, 3.05) is 24.6 Å². The number of aliphatic hydroxyl groups excluding tert-OH is 1. The summed E-state index contributed by atoms with van der Waals surface area (Å²) < 4.78 is 2.60. The van der Waals surface area contributed by atoms with Crippen LogP contribution in [0.5, 0.6) is 0 Å². The van der Waals surface area contributed by atoms with E-state index in [0.29, 0.717) is 30.0 Å². The van der Waals surface area contributed by atoms with Gasteiger partial charge in [0.15, 0.2) is 0 Å². The van der Waals surface area contributed by atoms with E-state index < -0.39 is 0 Å². The third-order valence-corrected chi connectivity index (χ3v) is 10.9. The number of aliphatic hydroxyl groups is 1. The fourth-order valence-electron chi connectivity index (χ4n) is 6.99. The van der Waals surface area contributed by atoms with Gasteiger partial charge in [0.2, 0.25) is 0 Å². The zero-order valence-corrected chi connectivity index (χ0v) is 25.3. The number of benzene rings is 1. The van der Waals surface area contributed by atoms with Gasteiger partial charge in [-0.3, -0.25) is 14.6 Å². The molecule has 8 rings (SSSR count). The molecule has 3 fully saturated rings. The van der Waals surface area contributed by atoms with Gasteiger partial charge in [0.25, 0.3) is 12.0 Å². The molecule has 0 spiro atoms. The Balaban J connectivity index is 0.00000100. The molecule has 0 amide bonds. The summed E-state index contributed by atoms with van der Waals surface area (Å²) in [4.78, 5) is 29.6. The van der Waals surface area contributed by atoms with Crippen molar-refractivity contribution in [3.63, 3.8) is 0 Å². The number of aromatic nitrogens is 3. The molecular weight excluding hydrogens is 576 g/mol. The summed E-state index contributed by atoms with van der Waals surface area (Å²) in [6.07, 6.45) is 7.98. The Kier molecular flexibility index (Phi) is 7.23. The normalized spacial score (nSPS) is 24.1. The molecule has 1 aromatic carbocycles. The number of hydrogen-bond donors (Lipinski definition) is 3. The summed E-state index contributed by atoms with van der Waals surface area (Å²) in [7, 11) is 0. The van der Waals surface area contributed by atoms with Crippen LogP contribution in [0.2, 0.25) is 0 Å². The molecule has 3 aromatic heterocycles. The second-order valence-electron chi connectivity index (χ2n) is 12.7. The van der Waals surface area contributed by atoms with Gasteiger partial charge >= 0.3 is 0 Å². The summed E-state index contributed by atoms with van der Waals surface area (Å²) in [5, 5.41) is 34.7. The average Bonchev–Trinajstić information content (AvgIpc) is 3.87. The number of thiophene rings is 1. The Bertz CT molecular complexity index is 1860.